The van der Waals surface area contributed by atoms with E-state index in [1.54, 1.807) is 0 Å². The molecule has 5 heteroatoms. The molecule has 0 atom stereocenters. The van der Waals surface area contributed by atoms with Gasteiger partial charge in [-0.1, -0.05) is 17.8 Å². The molecule has 0 fully saturated rings. The highest BCUT2D eigenvalue weighted by Crippen LogP contribution is 2.20. The lowest BCUT2D eigenvalue weighted by Crippen LogP contribution is -2.42. The van der Waals surface area contributed by atoms with E-state index < -0.39 is 11.4 Å². The first-order chi connectivity index (χ1) is 10.1. The molecule has 0 N–H and O–H groups in total. The van der Waals surface area contributed by atoms with Crippen LogP contribution in [0.4, 0.5) is 0 Å². The highest BCUT2D eigenvalue weighted by molar-refractivity contribution is 5.65. The first-order valence-electron chi connectivity index (χ1n) is 6.27. The molecule has 0 rings (SSSR count). The predicted molar refractivity (Wildman–Crippen MR) is 78.0 cm³/mol. The van der Waals surface area contributed by atoms with Gasteiger partial charge < -0.3 is 18.9 Å². The van der Waals surface area contributed by atoms with Gasteiger partial charge in [0.1, 0.15) is 26.4 Å². The van der Waals surface area contributed by atoms with Gasteiger partial charge in [0, 0.05) is 6.92 Å². The molecule has 114 valence electrons. The van der Waals surface area contributed by atoms with Crippen molar-refractivity contribution in [2.24, 2.45) is 5.41 Å². The molecule has 0 saturated carbocycles. The Morgan fingerprint density at radius 3 is 1.52 bits per heavy atom. The van der Waals surface area contributed by atoms with Gasteiger partial charge in [0.25, 0.3) is 0 Å². The number of esters is 1. The Balaban J connectivity index is 4.78. The first kappa shape index (κ1) is 19.0. The van der Waals surface area contributed by atoms with E-state index in [-0.39, 0.29) is 46.2 Å². The zero-order valence-corrected chi connectivity index (χ0v) is 12.2. The van der Waals surface area contributed by atoms with Gasteiger partial charge in [-0.05, 0) is 0 Å². The fourth-order valence-corrected chi connectivity index (χ4v) is 1.48. The molecule has 0 heterocycles. The summed E-state index contributed by atoms with van der Waals surface area (Å²) in [7, 11) is 0. The molecular formula is C16H20O5. The van der Waals surface area contributed by atoms with E-state index >= 15 is 0 Å². The van der Waals surface area contributed by atoms with Crippen molar-refractivity contribution in [1.29, 1.82) is 0 Å². The number of hydrogen-bond acceptors (Lipinski definition) is 5. The Morgan fingerprint density at radius 1 is 0.857 bits per heavy atom. The van der Waals surface area contributed by atoms with Crippen LogP contribution in [-0.4, -0.2) is 52.2 Å². The lowest BCUT2D eigenvalue weighted by atomic mass is 9.92. The van der Waals surface area contributed by atoms with Crippen LogP contribution in [0.1, 0.15) is 6.92 Å². The number of terminal acetylenes is 3. The van der Waals surface area contributed by atoms with E-state index in [2.05, 4.69) is 17.8 Å². The van der Waals surface area contributed by atoms with Gasteiger partial charge in [0.15, 0.2) is 0 Å². The molecule has 0 aromatic rings. The van der Waals surface area contributed by atoms with Crippen LogP contribution < -0.4 is 0 Å². The quantitative estimate of drug-likeness (QED) is 0.315. The molecule has 0 aliphatic rings. The van der Waals surface area contributed by atoms with Crippen molar-refractivity contribution in [1.82, 2.24) is 0 Å². The average molecular weight is 292 g/mol. The van der Waals surface area contributed by atoms with Crippen LogP contribution >= 0.6 is 0 Å². The van der Waals surface area contributed by atoms with Crippen LogP contribution in [0.25, 0.3) is 0 Å². The monoisotopic (exact) mass is 292 g/mol. The Hall–Kier alpha value is -1.97. The largest absolute Gasteiger partial charge is 0.465 e. The van der Waals surface area contributed by atoms with Gasteiger partial charge in [0.05, 0.1) is 25.2 Å². The third-order valence-corrected chi connectivity index (χ3v) is 2.36. The summed E-state index contributed by atoms with van der Waals surface area (Å²) in [4.78, 5) is 11.0. The maximum atomic E-state index is 11.0. The van der Waals surface area contributed by atoms with Crippen molar-refractivity contribution in [3.8, 4) is 37.0 Å². The second-order valence-electron chi connectivity index (χ2n) is 4.37. The van der Waals surface area contributed by atoms with Crippen molar-refractivity contribution < 1.29 is 23.7 Å². The lowest BCUT2D eigenvalue weighted by Gasteiger charge is -2.31. The molecule has 0 aliphatic heterocycles. The summed E-state index contributed by atoms with van der Waals surface area (Å²) < 4.78 is 21.1. The highest BCUT2D eigenvalue weighted by Gasteiger charge is 2.33. The molecule has 0 unspecified atom stereocenters. The smallest absolute Gasteiger partial charge is 0.302 e. The molecule has 0 aliphatic carbocycles. The number of ether oxygens (including phenoxy) is 4. The van der Waals surface area contributed by atoms with E-state index in [1.807, 2.05) is 0 Å². The van der Waals surface area contributed by atoms with E-state index in [9.17, 15) is 4.79 Å². The Morgan fingerprint density at radius 2 is 1.24 bits per heavy atom. The molecule has 0 radical (unpaired) electrons. The summed E-state index contributed by atoms with van der Waals surface area (Å²) in [6.45, 7) is 2.35. The van der Waals surface area contributed by atoms with Crippen LogP contribution in [0, 0.1) is 42.4 Å². The number of carbonyl (C=O) groups excluding carboxylic acids is 1. The van der Waals surface area contributed by atoms with Crippen molar-refractivity contribution in [3.63, 3.8) is 0 Å². The van der Waals surface area contributed by atoms with E-state index in [4.69, 9.17) is 38.2 Å². The van der Waals surface area contributed by atoms with Crippen molar-refractivity contribution >= 4 is 5.97 Å². The number of rotatable bonds is 11. The molecule has 0 aromatic carbocycles. The molecule has 0 bridgehead atoms. The van der Waals surface area contributed by atoms with Crippen LogP contribution in [0.5, 0.6) is 0 Å². The first-order valence-corrected chi connectivity index (χ1v) is 6.27. The maximum absolute atomic E-state index is 11.0. The summed E-state index contributed by atoms with van der Waals surface area (Å²) in [6, 6.07) is 0. The van der Waals surface area contributed by atoms with E-state index in [0.717, 1.165) is 0 Å². The van der Waals surface area contributed by atoms with Gasteiger partial charge in [-0.25, -0.2) is 0 Å². The zero-order valence-electron chi connectivity index (χ0n) is 12.2. The Labute approximate surface area is 126 Å². The summed E-state index contributed by atoms with van der Waals surface area (Å²) in [5, 5.41) is 0. The zero-order chi connectivity index (χ0) is 16.0. The maximum Gasteiger partial charge on any atom is 0.302 e. The molecule has 0 amide bonds. The minimum absolute atomic E-state index is 0.0576. The Kier molecular flexibility index (Phi) is 10.7. The second-order valence-corrected chi connectivity index (χ2v) is 4.37. The highest BCUT2D eigenvalue weighted by atomic mass is 16.5. The van der Waals surface area contributed by atoms with Gasteiger partial charge in [0.2, 0.25) is 0 Å². The fraction of sp³-hybridized carbons (Fsp3) is 0.562. The Bertz CT molecular complexity index is 371. The van der Waals surface area contributed by atoms with E-state index in [1.165, 1.54) is 6.92 Å². The summed E-state index contributed by atoms with van der Waals surface area (Å²) in [6.07, 6.45) is 15.4. The molecule has 0 spiro atoms. The van der Waals surface area contributed by atoms with Crippen LogP contribution in [0.3, 0.4) is 0 Å². The molecule has 0 aromatic heterocycles. The molecule has 0 saturated heterocycles. The van der Waals surface area contributed by atoms with Crippen LogP contribution in [-0.2, 0) is 23.7 Å². The van der Waals surface area contributed by atoms with Crippen molar-refractivity contribution in [2.45, 2.75) is 6.92 Å². The second kappa shape index (κ2) is 11.8. The predicted octanol–water partition coefficient (Wildman–Crippen LogP) is 0.485. The minimum Gasteiger partial charge on any atom is -0.465 e. The topological polar surface area (TPSA) is 54.0 Å². The van der Waals surface area contributed by atoms with Gasteiger partial charge in [-0.15, -0.1) is 19.3 Å². The normalized spacial score (nSPS) is 10.2. The molecule has 5 nitrogen and oxygen atoms in total. The van der Waals surface area contributed by atoms with Crippen molar-refractivity contribution in [3.05, 3.63) is 0 Å². The average Bonchev–Trinajstić information content (AvgIpc) is 2.46. The van der Waals surface area contributed by atoms with Gasteiger partial charge in [-0.3, -0.25) is 4.79 Å². The SMILES string of the molecule is C#CCOCC(COCC#C)(COCC#C)COC(C)=O. The van der Waals surface area contributed by atoms with Gasteiger partial charge >= 0.3 is 5.97 Å². The van der Waals surface area contributed by atoms with Gasteiger partial charge in [-0.2, -0.15) is 0 Å². The number of hydrogen-bond donors (Lipinski definition) is 0. The third-order valence-electron chi connectivity index (χ3n) is 2.36. The van der Waals surface area contributed by atoms with E-state index in [0.29, 0.717) is 0 Å². The number of carbonyl (C=O) groups is 1. The van der Waals surface area contributed by atoms with Crippen LogP contribution in [0.2, 0.25) is 0 Å². The van der Waals surface area contributed by atoms with Crippen LogP contribution in [0.15, 0.2) is 0 Å². The standard InChI is InChI=1S/C16H20O5/c1-5-8-18-11-16(12-19-9-6-2,13-20-10-7-3)14-21-15(4)17/h1-3H,8-14H2,4H3. The lowest BCUT2D eigenvalue weighted by molar-refractivity contribution is -0.152. The summed E-state index contributed by atoms with van der Waals surface area (Å²) in [5.74, 6) is 6.68. The minimum atomic E-state index is -0.712. The van der Waals surface area contributed by atoms with Crippen molar-refractivity contribution in [2.75, 3.05) is 46.2 Å². The molecule has 21 heavy (non-hydrogen) atoms. The third kappa shape index (κ3) is 9.55. The summed E-state index contributed by atoms with van der Waals surface area (Å²) >= 11 is 0. The fourth-order valence-electron chi connectivity index (χ4n) is 1.48. The summed E-state index contributed by atoms with van der Waals surface area (Å²) in [5.41, 5.74) is -0.712. The molecular weight excluding hydrogens is 272 g/mol.